The van der Waals surface area contributed by atoms with Crippen LogP contribution in [0.4, 0.5) is 0 Å². The van der Waals surface area contributed by atoms with E-state index >= 15 is 0 Å². The zero-order chi connectivity index (χ0) is 13.9. The molecule has 2 aliphatic rings. The third-order valence-corrected chi connectivity index (χ3v) is 5.12. The molecule has 2 unspecified atom stereocenters. The van der Waals surface area contributed by atoms with Gasteiger partial charge in [-0.3, -0.25) is 0 Å². The molecule has 2 saturated carbocycles. The van der Waals surface area contributed by atoms with Crippen LogP contribution in [0.15, 0.2) is 0 Å². The van der Waals surface area contributed by atoms with E-state index in [0.29, 0.717) is 12.0 Å². The van der Waals surface area contributed by atoms with Crippen LogP contribution >= 0.6 is 0 Å². The second kappa shape index (κ2) is 6.11. The molecule has 2 N–H and O–H groups in total. The molecule has 2 rings (SSSR count). The number of hydrogen-bond acceptors (Lipinski definition) is 3. The second-order valence-electron chi connectivity index (χ2n) is 7.07. The molecule has 0 saturated heterocycles. The van der Waals surface area contributed by atoms with Gasteiger partial charge in [-0.25, -0.2) is 0 Å². The molecule has 0 aromatic rings. The summed E-state index contributed by atoms with van der Waals surface area (Å²) in [6.45, 7) is 7.58. The minimum Gasteiger partial charge on any atom is -0.394 e. The summed E-state index contributed by atoms with van der Waals surface area (Å²) >= 11 is 0. The first-order chi connectivity index (χ1) is 9.01. The van der Waals surface area contributed by atoms with Gasteiger partial charge in [-0.05, 0) is 58.3 Å². The lowest BCUT2D eigenvalue weighted by Gasteiger charge is -2.36. The average molecular weight is 269 g/mol. The van der Waals surface area contributed by atoms with Crippen molar-refractivity contribution in [2.24, 2.45) is 5.92 Å². The zero-order valence-corrected chi connectivity index (χ0v) is 12.9. The predicted molar refractivity (Wildman–Crippen MR) is 78.3 cm³/mol. The van der Waals surface area contributed by atoms with Crippen molar-refractivity contribution in [3.63, 3.8) is 0 Å². The Kier molecular flexibility index (Phi) is 4.91. The molecule has 0 heterocycles. The Morgan fingerprint density at radius 2 is 2.05 bits per heavy atom. The summed E-state index contributed by atoms with van der Waals surface area (Å²) in [5.74, 6) is 0.575. The standard InChI is InChI=1S/C16H31NO2/c1-4-15(2,3)19-11-9-13-6-5-10-16(13,12-18)17-14-7-8-14/h13-14,17-18H,4-12H2,1-3H3. The van der Waals surface area contributed by atoms with Gasteiger partial charge in [0.15, 0.2) is 0 Å². The maximum Gasteiger partial charge on any atom is 0.0623 e. The van der Waals surface area contributed by atoms with E-state index in [2.05, 4.69) is 26.1 Å². The molecule has 0 spiro atoms. The molecule has 0 bridgehead atoms. The fourth-order valence-corrected chi connectivity index (χ4v) is 3.22. The third-order valence-electron chi connectivity index (χ3n) is 5.12. The van der Waals surface area contributed by atoms with Gasteiger partial charge in [0.1, 0.15) is 0 Å². The fourth-order valence-electron chi connectivity index (χ4n) is 3.22. The first-order valence-corrected chi connectivity index (χ1v) is 8.04. The summed E-state index contributed by atoms with van der Waals surface area (Å²) in [6.07, 6.45) is 8.29. The summed E-state index contributed by atoms with van der Waals surface area (Å²) in [6, 6.07) is 0.667. The molecule has 2 fully saturated rings. The quantitative estimate of drug-likeness (QED) is 0.712. The third kappa shape index (κ3) is 3.93. The van der Waals surface area contributed by atoms with Crippen LogP contribution < -0.4 is 5.32 Å². The van der Waals surface area contributed by atoms with E-state index in [1.165, 1.54) is 25.7 Å². The van der Waals surface area contributed by atoms with Crippen LogP contribution in [0.2, 0.25) is 0 Å². The molecule has 3 nitrogen and oxygen atoms in total. The van der Waals surface area contributed by atoms with Crippen molar-refractivity contribution in [1.29, 1.82) is 0 Å². The van der Waals surface area contributed by atoms with Gasteiger partial charge in [0, 0.05) is 18.2 Å². The second-order valence-corrected chi connectivity index (χ2v) is 7.07. The van der Waals surface area contributed by atoms with Crippen LogP contribution in [0.1, 0.15) is 65.7 Å². The lowest BCUT2D eigenvalue weighted by Crippen LogP contribution is -2.52. The SMILES string of the molecule is CCC(C)(C)OCCC1CCCC1(CO)NC1CC1. The first-order valence-electron chi connectivity index (χ1n) is 8.04. The van der Waals surface area contributed by atoms with Gasteiger partial charge < -0.3 is 15.2 Å². The van der Waals surface area contributed by atoms with E-state index in [1.54, 1.807) is 0 Å². The van der Waals surface area contributed by atoms with Crippen LogP contribution in [0.25, 0.3) is 0 Å². The van der Waals surface area contributed by atoms with E-state index in [9.17, 15) is 5.11 Å². The molecule has 0 amide bonds. The maximum atomic E-state index is 9.87. The molecule has 2 atom stereocenters. The molecule has 3 heteroatoms. The smallest absolute Gasteiger partial charge is 0.0623 e. The molecule has 0 aromatic carbocycles. The monoisotopic (exact) mass is 269 g/mol. The molecule has 0 radical (unpaired) electrons. The summed E-state index contributed by atoms with van der Waals surface area (Å²) in [4.78, 5) is 0. The van der Waals surface area contributed by atoms with E-state index in [0.717, 1.165) is 25.9 Å². The molecule has 0 aliphatic heterocycles. The summed E-state index contributed by atoms with van der Waals surface area (Å²) in [5, 5.41) is 13.6. The zero-order valence-electron chi connectivity index (χ0n) is 12.9. The van der Waals surface area contributed by atoms with Gasteiger partial charge in [0.25, 0.3) is 0 Å². The van der Waals surface area contributed by atoms with Gasteiger partial charge in [-0.1, -0.05) is 13.3 Å². The van der Waals surface area contributed by atoms with Crippen LogP contribution in [0.3, 0.4) is 0 Å². The lowest BCUT2D eigenvalue weighted by atomic mass is 9.85. The van der Waals surface area contributed by atoms with Crippen molar-refractivity contribution in [3.8, 4) is 0 Å². The van der Waals surface area contributed by atoms with Crippen LogP contribution in [0, 0.1) is 5.92 Å². The highest BCUT2D eigenvalue weighted by Crippen LogP contribution is 2.40. The Bertz CT molecular complexity index is 288. The van der Waals surface area contributed by atoms with E-state index < -0.39 is 0 Å². The molecular weight excluding hydrogens is 238 g/mol. The number of nitrogens with one attached hydrogen (secondary N) is 1. The number of aliphatic hydroxyl groups is 1. The Labute approximate surface area is 118 Å². The van der Waals surface area contributed by atoms with Crippen molar-refractivity contribution in [2.75, 3.05) is 13.2 Å². The maximum absolute atomic E-state index is 9.87. The highest BCUT2D eigenvalue weighted by molar-refractivity contribution is 5.02. The number of rotatable bonds is 8. The Morgan fingerprint density at radius 3 is 2.63 bits per heavy atom. The van der Waals surface area contributed by atoms with Gasteiger partial charge in [0.2, 0.25) is 0 Å². The molecule has 112 valence electrons. The average Bonchev–Trinajstić information content (AvgIpc) is 3.11. The van der Waals surface area contributed by atoms with Gasteiger partial charge in [-0.2, -0.15) is 0 Å². The number of ether oxygens (including phenoxy) is 1. The van der Waals surface area contributed by atoms with Crippen molar-refractivity contribution >= 4 is 0 Å². The molecule has 19 heavy (non-hydrogen) atoms. The Hall–Kier alpha value is -0.120. The van der Waals surface area contributed by atoms with E-state index in [1.807, 2.05) is 0 Å². The van der Waals surface area contributed by atoms with Gasteiger partial charge in [0.05, 0.1) is 12.2 Å². The van der Waals surface area contributed by atoms with Crippen LogP contribution in [-0.2, 0) is 4.74 Å². The number of hydrogen-bond donors (Lipinski definition) is 2. The highest BCUT2D eigenvalue weighted by atomic mass is 16.5. The van der Waals surface area contributed by atoms with Crippen molar-refractivity contribution in [1.82, 2.24) is 5.32 Å². The minimum absolute atomic E-state index is 0.00952. The van der Waals surface area contributed by atoms with Crippen LogP contribution in [0.5, 0.6) is 0 Å². The predicted octanol–water partition coefficient (Wildman–Crippen LogP) is 2.86. The highest BCUT2D eigenvalue weighted by Gasteiger charge is 2.44. The normalized spacial score (nSPS) is 31.9. The van der Waals surface area contributed by atoms with Crippen LogP contribution in [-0.4, -0.2) is 35.5 Å². The van der Waals surface area contributed by atoms with Gasteiger partial charge >= 0.3 is 0 Å². The first kappa shape index (κ1) is 15.3. The number of aliphatic hydroxyl groups excluding tert-OH is 1. The van der Waals surface area contributed by atoms with Gasteiger partial charge in [-0.15, -0.1) is 0 Å². The summed E-state index contributed by atoms with van der Waals surface area (Å²) in [5.41, 5.74) is -0.0225. The molecule has 0 aromatic heterocycles. The largest absolute Gasteiger partial charge is 0.394 e. The lowest BCUT2D eigenvalue weighted by molar-refractivity contribution is -0.0312. The molecular formula is C16H31NO2. The fraction of sp³-hybridized carbons (Fsp3) is 1.00. The van der Waals surface area contributed by atoms with Crippen molar-refractivity contribution in [2.45, 2.75) is 82.9 Å². The van der Waals surface area contributed by atoms with E-state index in [4.69, 9.17) is 4.74 Å². The molecule has 2 aliphatic carbocycles. The summed E-state index contributed by atoms with van der Waals surface area (Å²) in [7, 11) is 0. The van der Waals surface area contributed by atoms with Crippen molar-refractivity contribution in [3.05, 3.63) is 0 Å². The summed E-state index contributed by atoms with van der Waals surface area (Å²) < 4.78 is 5.99. The van der Waals surface area contributed by atoms with E-state index in [-0.39, 0.29) is 17.7 Å². The Morgan fingerprint density at radius 1 is 1.32 bits per heavy atom. The van der Waals surface area contributed by atoms with Crippen molar-refractivity contribution < 1.29 is 9.84 Å². The minimum atomic E-state index is -0.0130. The Balaban J connectivity index is 1.83. The topological polar surface area (TPSA) is 41.5 Å².